The highest BCUT2D eigenvalue weighted by Gasteiger charge is 2.11. The molecule has 3 aromatic carbocycles. The summed E-state index contributed by atoms with van der Waals surface area (Å²) in [7, 11) is -3.45. The van der Waals surface area contributed by atoms with Gasteiger partial charge in [0, 0.05) is 16.2 Å². The minimum absolute atomic E-state index is 0.00321. The van der Waals surface area contributed by atoms with Gasteiger partial charge in [0.25, 0.3) is 0 Å². The zero-order valence-electron chi connectivity index (χ0n) is 17.2. The molecule has 0 bridgehead atoms. The minimum atomic E-state index is -3.45. The van der Waals surface area contributed by atoms with Crippen LogP contribution in [0.2, 0.25) is 0 Å². The molecule has 32 heavy (non-hydrogen) atoms. The number of benzene rings is 3. The highest BCUT2D eigenvalue weighted by atomic mass is 32.2. The summed E-state index contributed by atoms with van der Waals surface area (Å²) in [5.41, 5.74) is 11.0. The minimum Gasteiger partial charge on any atom is -0.489 e. The van der Waals surface area contributed by atoms with Crippen molar-refractivity contribution in [3.8, 4) is 5.75 Å². The molecule has 0 radical (unpaired) electrons. The van der Waals surface area contributed by atoms with Crippen LogP contribution in [0.25, 0.3) is 10.4 Å². The fraction of sp³-hybridized carbons (Fsp3) is 0.174. The maximum Gasteiger partial charge on any atom is 0.233 e. The van der Waals surface area contributed by atoms with Crippen molar-refractivity contribution in [2.24, 2.45) is 5.11 Å². The molecule has 9 heteroatoms. The Morgan fingerprint density at radius 2 is 1.62 bits per heavy atom. The van der Waals surface area contributed by atoms with Crippen molar-refractivity contribution in [2.45, 2.75) is 13.0 Å². The van der Waals surface area contributed by atoms with Gasteiger partial charge in [0.1, 0.15) is 12.4 Å². The van der Waals surface area contributed by atoms with E-state index in [-0.39, 0.29) is 24.7 Å². The van der Waals surface area contributed by atoms with Crippen LogP contribution < -0.4 is 9.46 Å². The lowest BCUT2D eigenvalue weighted by molar-refractivity contribution is 0.100. The lowest BCUT2D eigenvalue weighted by atomic mass is 10.1. The van der Waals surface area contributed by atoms with Crippen LogP contribution in [0.15, 0.2) is 84.0 Å². The second kappa shape index (κ2) is 11.0. The molecule has 0 atom stereocenters. The van der Waals surface area contributed by atoms with Crippen molar-refractivity contribution < 1.29 is 17.9 Å². The summed E-state index contributed by atoms with van der Waals surface area (Å²) in [5.74, 6) is 0.315. The van der Waals surface area contributed by atoms with E-state index in [9.17, 15) is 13.2 Å². The van der Waals surface area contributed by atoms with Gasteiger partial charge in [-0.3, -0.25) is 9.52 Å². The number of carbonyl (C=O) groups excluding carboxylic acids is 1. The van der Waals surface area contributed by atoms with E-state index >= 15 is 0 Å². The molecule has 0 heterocycles. The molecular formula is C23H22N4O4S. The fourth-order valence-corrected chi connectivity index (χ4v) is 3.99. The third-order valence-electron chi connectivity index (χ3n) is 4.59. The van der Waals surface area contributed by atoms with Gasteiger partial charge in [-0.2, -0.15) is 0 Å². The smallest absolute Gasteiger partial charge is 0.233 e. The summed E-state index contributed by atoms with van der Waals surface area (Å²) in [6.45, 7) is 0.0616. The third kappa shape index (κ3) is 7.16. The monoisotopic (exact) mass is 450 g/mol. The number of ketones is 1. The van der Waals surface area contributed by atoms with Gasteiger partial charge in [-0.1, -0.05) is 47.6 Å². The van der Waals surface area contributed by atoms with Gasteiger partial charge in [0.2, 0.25) is 10.0 Å². The maximum absolute atomic E-state index is 12.3. The Morgan fingerprint density at radius 1 is 0.938 bits per heavy atom. The number of sulfonamides is 1. The first-order valence-electron chi connectivity index (χ1n) is 9.85. The molecule has 164 valence electrons. The molecule has 8 nitrogen and oxygen atoms in total. The van der Waals surface area contributed by atoms with Crippen molar-refractivity contribution in [3.63, 3.8) is 0 Å². The standard InChI is InChI=1S/C23H22N4O4S/c24-27-25-16-23(28)20-8-12-22(13-9-20)31-17-19-6-10-21(11-7-19)26-32(29,30)15-14-18-4-2-1-3-5-18/h1-13,26H,14-17H2. The Kier molecular flexibility index (Phi) is 7.85. The molecule has 3 aromatic rings. The Bertz CT molecular complexity index is 1190. The summed E-state index contributed by atoms with van der Waals surface area (Å²) in [4.78, 5) is 14.4. The highest BCUT2D eigenvalue weighted by Crippen LogP contribution is 2.17. The average molecular weight is 451 g/mol. The zero-order valence-corrected chi connectivity index (χ0v) is 18.0. The number of aryl methyl sites for hydroxylation is 1. The molecule has 0 aliphatic carbocycles. The number of Topliss-reactive ketones (excluding diaryl/α,β-unsaturated/α-hetero) is 1. The van der Waals surface area contributed by atoms with Gasteiger partial charge in [-0.15, -0.1) is 0 Å². The average Bonchev–Trinajstić information content (AvgIpc) is 2.81. The molecule has 3 rings (SSSR count). The number of nitrogens with one attached hydrogen (secondary N) is 1. The molecule has 0 unspecified atom stereocenters. The second-order valence-corrected chi connectivity index (χ2v) is 8.82. The number of azide groups is 1. The topological polar surface area (TPSA) is 121 Å². The van der Waals surface area contributed by atoms with Crippen LogP contribution in [0.1, 0.15) is 21.5 Å². The first kappa shape index (κ1) is 22.9. The van der Waals surface area contributed by atoms with Gasteiger partial charge < -0.3 is 4.74 Å². The van der Waals surface area contributed by atoms with E-state index in [0.29, 0.717) is 23.4 Å². The van der Waals surface area contributed by atoms with Gasteiger partial charge in [-0.05, 0) is 59.5 Å². The summed E-state index contributed by atoms with van der Waals surface area (Å²) in [6.07, 6.45) is 0.442. The Balaban J connectivity index is 1.50. The van der Waals surface area contributed by atoms with E-state index in [1.807, 2.05) is 30.3 Å². The normalized spacial score (nSPS) is 10.8. The summed E-state index contributed by atoms with van der Waals surface area (Å²) in [6, 6.07) is 23.0. The van der Waals surface area contributed by atoms with Crippen LogP contribution in [-0.4, -0.2) is 26.5 Å². The molecule has 0 amide bonds. The molecule has 0 aromatic heterocycles. The quantitative estimate of drug-likeness (QED) is 0.196. The Morgan fingerprint density at radius 3 is 2.28 bits per heavy atom. The second-order valence-electron chi connectivity index (χ2n) is 6.98. The predicted molar refractivity (Wildman–Crippen MR) is 123 cm³/mol. The summed E-state index contributed by atoms with van der Waals surface area (Å²) in [5, 5.41) is 3.26. The first-order chi connectivity index (χ1) is 15.4. The number of hydrogen-bond acceptors (Lipinski definition) is 5. The molecule has 0 saturated carbocycles. The van der Waals surface area contributed by atoms with Crippen LogP contribution >= 0.6 is 0 Å². The van der Waals surface area contributed by atoms with E-state index < -0.39 is 10.0 Å². The van der Waals surface area contributed by atoms with Crippen LogP contribution in [0.5, 0.6) is 5.75 Å². The van der Waals surface area contributed by atoms with Crippen LogP contribution in [0, 0.1) is 0 Å². The van der Waals surface area contributed by atoms with Gasteiger partial charge >= 0.3 is 0 Å². The highest BCUT2D eigenvalue weighted by molar-refractivity contribution is 7.92. The van der Waals surface area contributed by atoms with E-state index in [1.54, 1.807) is 48.5 Å². The number of nitrogens with zero attached hydrogens (tertiary/aromatic N) is 3. The molecule has 0 fully saturated rings. The molecule has 0 aliphatic heterocycles. The van der Waals surface area contributed by atoms with Crippen molar-refractivity contribution in [2.75, 3.05) is 17.0 Å². The number of hydrogen-bond donors (Lipinski definition) is 1. The van der Waals surface area contributed by atoms with Gasteiger partial charge in [0.05, 0.1) is 12.3 Å². The Hall–Kier alpha value is -3.81. The summed E-state index contributed by atoms with van der Waals surface area (Å²) >= 11 is 0. The number of anilines is 1. The predicted octanol–water partition coefficient (Wildman–Crippen LogP) is 4.74. The number of rotatable bonds is 11. The molecule has 1 N–H and O–H groups in total. The maximum atomic E-state index is 12.3. The molecule has 0 aliphatic rings. The number of ether oxygens (including phenoxy) is 1. The van der Waals surface area contributed by atoms with E-state index in [2.05, 4.69) is 14.7 Å². The van der Waals surface area contributed by atoms with Gasteiger partial charge in [0.15, 0.2) is 5.78 Å². The van der Waals surface area contributed by atoms with E-state index in [0.717, 1.165) is 11.1 Å². The van der Waals surface area contributed by atoms with Crippen molar-refractivity contribution in [1.82, 2.24) is 0 Å². The molecule has 0 spiro atoms. The third-order valence-corrected chi connectivity index (χ3v) is 5.88. The largest absolute Gasteiger partial charge is 0.489 e. The van der Waals surface area contributed by atoms with E-state index in [1.165, 1.54) is 0 Å². The summed E-state index contributed by atoms with van der Waals surface area (Å²) < 4.78 is 32.9. The fourth-order valence-electron chi connectivity index (χ4n) is 2.89. The van der Waals surface area contributed by atoms with Crippen molar-refractivity contribution >= 4 is 21.5 Å². The number of carbonyl (C=O) groups is 1. The first-order valence-corrected chi connectivity index (χ1v) is 11.5. The molecule has 0 saturated heterocycles. The Labute approximate surface area is 186 Å². The lowest BCUT2D eigenvalue weighted by Gasteiger charge is -2.10. The zero-order chi connectivity index (χ0) is 22.8. The van der Waals surface area contributed by atoms with Crippen molar-refractivity contribution in [3.05, 3.63) is 106 Å². The van der Waals surface area contributed by atoms with Crippen LogP contribution in [-0.2, 0) is 23.1 Å². The van der Waals surface area contributed by atoms with Crippen molar-refractivity contribution in [1.29, 1.82) is 0 Å². The molecular weight excluding hydrogens is 428 g/mol. The van der Waals surface area contributed by atoms with Gasteiger partial charge in [-0.25, -0.2) is 8.42 Å². The lowest BCUT2D eigenvalue weighted by Crippen LogP contribution is -2.18. The van der Waals surface area contributed by atoms with E-state index in [4.69, 9.17) is 10.3 Å². The SMILES string of the molecule is [N-]=[N+]=NCC(=O)c1ccc(OCc2ccc(NS(=O)(=O)CCc3ccccc3)cc2)cc1. The van der Waals surface area contributed by atoms with Crippen LogP contribution in [0.3, 0.4) is 0 Å². The van der Waals surface area contributed by atoms with Crippen LogP contribution in [0.4, 0.5) is 5.69 Å².